The van der Waals surface area contributed by atoms with Gasteiger partial charge in [0.05, 0.1) is 6.04 Å². The summed E-state index contributed by atoms with van der Waals surface area (Å²) in [6.45, 7) is 5.42. The van der Waals surface area contributed by atoms with Crippen molar-refractivity contribution in [2.45, 2.75) is 31.2 Å². The standard InChI is InChI=1S/C18H23NS/c1-4-13-19-18(17-8-6-5-7-14(17)2)15-9-11-16(20-3)12-10-15/h5-12,18-19H,4,13H2,1-3H3. The average Bonchev–Trinajstić information content (AvgIpc) is 2.50. The molecule has 1 atom stereocenters. The third-order valence-electron chi connectivity index (χ3n) is 3.55. The fraction of sp³-hybridized carbons (Fsp3) is 0.333. The molecule has 1 nitrogen and oxygen atoms in total. The Kier molecular flexibility index (Phi) is 5.69. The summed E-state index contributed by atoms with van der Waals surface area (Å²) in [5.74, 6) is 0. The highest BCUT2D eigenvalue weighted by Crippen LogP contribution is 2.26. The number of hydrogen-bond acceptors (Lipinski definition) is 2. The van der Waals surface area contributed by atoms with Crippen molar-refractivity contribution in [3.05, 3.63) is 65.2 Å². The molecule has 2 heteroatoms. The Morgan fingerprint density at radius 1 is 1.05 bits per heavy atom. The van der Waals surface area contributed by atoms with Crippen molar-refractivity contribution >= 4 is 11.8 Å². The zero-order valence-electron chi connectivity index (χ0n) is 12.5. The third-order valence-corrected chi connectivity index (χ3v) is 4.29. The van der Waals surface area contributed by atoms with Crippen LogP contribution in [0.3, 0.4) is 0 Å². The second kappa shape index (κ2) is 7.51. The van der Waals surface area contributed by atoms with E-state index in [9.17, 15) is 0 Å². The van der Waals surface area contributed by atoms with Crippen LogP contribution < -0.4 is 5.32 Å². The van der Waals surface area contributed by atoms with E-state index >= 15 is 0 Å². The summed E-state index contributed by atoms with van der Waals surface area (Å²) in [5, 5.41) is 3.67. The first-order valence-electron chi connectivity index (χ1n) is 7.19. The van der Waals surface area contributed by atoms with Gasteiger partial charge in [0.25, 0.3) is 0 Å². The van der Waals surface area contributed by atoms with Gasteiger partial charge in [-0.05, 0) is 55.0 Å². The number of nitrogens with one attached hydrogen (secondary N) is 1. The first-order valence-corrected chi connectivity index (χ1v) is 8.41. The molecule has 0 saturated heterocycles. The summed E-state index contributed by atoms with van der Waals surface area (Å²) >= 11 is 1.79. The molecule has 20 heavy (non-hydrogen) atoms. The van der Waals surface area contributed by atoms with E-state index in [4.69, 9.17) is 0 Å². The summed E-state index contributed by atoms with van der Waals surface area (Å²) in [5.41, 5.74) is 4.05. The highest BCUT2D eigenvalue weighted by molar-refractivity contribution is 7.98. The molecule has 0 bridgehead atoms. The Balaban J connectivity index is 2.33. The summed E-state index contributed by atoms with van der Waals surface area (Å²) in [6.07, 6.45) is 3.26. The van der Waals surface area contributed by atoms with Gasteiger partial charge in [0.2, 0.25) is 0 Å². The molecule has 0 radical (unpaired) electrons. The number of aryl methyl sites for hydroxylation is 1. The maximum absolute atomic E-state index is 3.67. The van der Waals surface area contributed by atoms with Crippen molar-refractivity contribution in [3.63, 3.8) is 0 Å². The Bertz CT molecular complexity index is 533. The van der Waals surface area contributed by atoms with Crippen molar-refractivity contribution in [1.29, 1.82) is 0 Å². The molecule has 1 N–H and O–H groups in total. The monoisotopic (exact) mass is 285 g/mol. The molecule has 0 aromatic heterocycles. The van der Waals surface area contributed by atoms with Crippen LogP contribution in [0.2, 0.25) is 0 Å². The molecule has 0 saturated carbocycles. The quantitative estimate of drug-likeness (QED) is 0.765. The van der Waals surface area contributed by atoms with Crippen molar-refractivity contribution < 1.29 is 0 Å². The van der Waals surface area contributed by atoms with Gasteiger partial charge in [-0.15, -0.1) is 11.8 Å². The lowest BCUT2D eigenvalue weighted by Crippen LogP contribution is -2.23. The molecule has 0 spiro atoms. The Hall–Kier alpha value is -1.25. The van der Waals surface area contributed by atoms with Gasteiger partial charge in [-0.3, -0.25) is 0 Å². The normalized spacial score (nSPS) is 12.3. The maximum atomic E-state index is 3.67. The lowest BCUT2D eigenvalue weighted by atomic mass is 9.95. The Morgan fingerprint density at radius 2 is 1.75 bits per heavy atom. The highest BCUT2D eigenvalue weighted by atomic mass is 32.2. The van der Waals surface area contributed by atoms with Crippen LogP contribution in [-0.4, -0.2) is 12.8 Å². The van der Waals surface area contributed by atoms with E-state index in [0.717, 1.165) is 13.0 Å². The van der Waals surface area contributed by atoms with E-state index in [1.165, 1.54) is 21.6 Å². The van der Waals surface area contributed by atoms with Crippen LogP contribution in [0.25, 0.3) is 0 Å². The maximum Gasteiger partial charge on any atom is 0.0579 e. The predicted octanol–water partition coefficient (Wildman–Crippen LogP) is 4.81. The van der Waals surface area contributed by atoms with Crippen LogP contribution in [0, 0.1) is 6.92 Å². The topological polar surface area (TPSA) is 12.0 Å². The van der Waals surface area contributed by atoms with Crippen molar-refractivity contribution in [3.8, 4) is 0 Å². The fourth-order valence-corrected chi connectivity index (χ4v) is 2.81. The first-order chi connectivity index (χ1) is 9.76. The lowest BCUT2D eigenvalue weighted by Gasteiger charge is -2.21. The number of thioether (sulfide) groups is 1. The molecule has 2 aromatic rings. The molecular weight excluding hydrogens is 262 g/mol. The molecule has 2 aromatic carbocycles. The molecule has 2 rings (SSSR count). The third kappa shape index (κ3) is 3.65. The van der Waals surface area contributed by atoms with Crippen LogP contribution in [-0.2, 0) is 0 Å². The van der Waals surface area contributed by atoms with Gasteiger partial charge in [0, 0.05) is 4.90 Å². The summed E-state index contributed by atoms with van der Waals surface area (Å²) in [4.78, 5) is 1.31. The summed E-state index contributed by atoms with van der Waals surface area (Å²) in [7, 11) is 0. The smallest absolute Gasteiger partial charge is 0.0579 e. The molecule has 0 fully saturated rings. The van der Waals surface area contributed by atoms with Gasteiger partial charge in [0.1, 0.15) is 0 Å². The van der Waals surface area contributed by atoms with Crippen molar-refractivity contribution in [2.75, 3.05) is 12.8 Å². The number of rotatable bonds is 6. The minimum absolute atomic E-state index is 0.284. The second-order valence-electron chi connectivity index (χ2n) is 5.02. The first kappa shape index (κ1) is 15.1. The lowest BCUT2D eigenvalue weighted by molar-refractivity contribution is 0.596. The van der Waals surface area contributed by atoms with E-state index in [2.05, 4.69) is 74.0 Å². The molecule has 0 aliphatic heterocycles. The van der Waals surface area contributed by atoms with E-state index in [1.807, 2.05) is 0 Å². The summed E-state index contributed by atoms with van der Waals surface area (Å²) < 4.78 is 0. The Morgan fingerprint density at radius 3 is 2.35 bits per heavy atom. The zero-order chi connectivity index (χ0) is 14.4. The van der Waals surface area contributed by atoms with E-state index < -0.39 is 0 Å². The van der Waals surface area contributed by atoms with Crippen LogP contribution >= 0.6 is 11.8 Å². The van der Waals surface area contributed by atoms with Crippen molar-refractivity contribution in [1.82, 2.24) is 5.32 Å². The van der Waals surface area contributed by atoms with Gasteiger partial charge >= 0.3 is 0 Å². The van der Waals surface area contributed by atoms with Gasteiger partial charge in [-0.1, -0.05) is 43.3 Å². The minimum atomic E-state index is 0.284. The Labute approximate surface area is 126 Å². The predicted molar refractivity (Wildman–Crippen MR) is 89.5 cm³/mol. The van der Waals surface area contributed by atoms with Crippen LogP contribution in [0.5, 0.6) is 0 Å². The SMILES string of the molecule is CCCNC(c1ccc(SC)cc1)c1ccccc1C. The molecule has 0 aliphatic rings. The molecule has 0 amide bonds. The van der Waals surface area contributed by atoms with Crippen LogP contribution in [0.15, 0.2) is 53.4 Å². The molecule has 0 aliphatic carbocycles. The van der Waals surface area contributed by atoms with Gasteiger partial charge in [-0.25, -0.2) is 0 Å². The van der Waals surface area contributed by atoms with Gasteiger partial charge in [-0.2, -0.15) is 0 Å². The zero-order valence-corrected chi connectivity index (χ0v) is 13.3. The van der Waals surface area contributed by atoms with Gasteiger partial charge in [0.15, 0.2) is 0 Å². The number of hydrogen-bond donors (Lipinski definition) is 1. The second-order valence-corrected chi connectivity index (χ2v) is 5.90. The largest absolute Gasteiger partial charge is 0.306 e. The summed E-state index contributed by atoms with van der Waals surface area (Å²) in [6, 6.07) is 17.8. The van der Waals surface area contributed by atoms with E-state index in [-0.39, 0.29) is 6.04 Å². The molecule has 106 valence electrons. The fourth-order valence-electron chi connectivity index (χ4n) is 2.40. The number of benzene rings is 2. The average molecular weight is 285 g/mol. The minimum Gasteiger partial charge on any atom is -0.306 e. The van der Waals surface area contributed by atoms with E-state index in [0.29, 0.717) is 0 Å². The molecular formula is C18H23NS. The van der Waals surface area contributed by atoms with Crippen LogP contribution in [0.4, 0.5) is 0 Å². The van der Waals surface area contributed by atoms with Gasteiger partial charge < -0.3 is 5.32 Å². The molecule has 1 unspecified atom stereocenters. The van der Waals surface area contributed by atoms with E-state index in [1.54, 1.807) is 11.8 Å². The molecule has 0 heterocycles. The van der Waals surface area contributed by atoms with Crippen molar-refractivity contribution in [2.24, 2.45) is 0 Å². The van der Waals surface area contributed by atoms with Crippen LogP contribution in [0.1, 0.15) is 36.1 Å². The highest BCUT2D eigenvalue weighted by Gasteiger charge is 2.14.